The molecule has 4 rings (SSSR count). The molecule has 2 aromatic carbocycles. The molecule has 1 amide bonds. The molecule has 1 heterocycles. The second kappa shape index (κ2) is 9.05. The summed E-state index contributed by atoms with van der Waals surface area (Å²) in [6, 6.07) is 13.0. The van der Waals surface area contributed by atoms with E-state index in [1.807, 2.05) is 30.3 Å². The lowest BCUT2D eigenvalue weighted by atomic mass is 9.95. The molecule has 150 valence electrons. The molecule has 0 spiro atoms. The second-order valence-corrected chi connectivity index (χ2v) is 9.42. The Morgan fingerprint density at radius 1 is 0.966 bits per heavy atom. The number of rotatable bonds is 4. The minimum absolute atomic E-state index is 0.131. The first-order chi connectivity index (χ1) is 14.0. The zero-order valence-electron chi connectivity index (χ0n) is 15.6. The molecule has 1 N–H and O–H groups in total. The molecule has 1 aliphatic rings. The fourth-order valence-corrected chi connectivity index (χ4v) is 5.29. The highest BCUT2D eigenvalue weighted by atomic mass is 35.5. The molecule has 3 nitrogen and oxygen atoms in total. The summed E-state index contributed by atoms with van der Waals surface area (Å²) in [6.07, 6.45) is 5.60. The number of nitrogens with zero attached hydrogens (tertiary/aromatic N) is 1. The number of aromatic nitrogens is 1. The Labute approximate surface area is 189 Å². The quantitative estimate of drug-likeness (QED) is 0.433. The van der Waals surface area contributed by atoms with E-state index in [9.17, 15) is 4.79 Å². The zero-order valence-corrected chi connectivity index (χ0v) is 18.6. The number of amides is 1. The van der Waals surface area contributed by atoms with Gasteiger partial charge in [-0.3, -0.25) is 4.79 Å². The van der Waals surface area contributed by atoms with Gasteiger partial charge in [-0.2, -0.15) is 0 Å². The third kappa shape index (κ3) is 4.77. The van der Waals surface area contributed by atoms with Crippen molar-refractivity contribution in [2.45, 2.75) is 38.1 Å². The molecule has 7 heteroatoms. The zero-order chi connectivity index (χ0) is 20.4. The van der Waals surface area contributed by atoms with Gasteiger partial charge in [0.05, 0.1) is 15.6 Å². The SMILES string of the molecule is O=C(NC1CCCCC1)c1nc(-c2ccc(Cl)cc2)c(-c2ccc(Cl)cc2Cl)s1. The third-order valence-corrected chi connectivity index (χ3v) is 6.94. The van der Waals surface area contributed by atoms with Gasteiger partial charge in [0, 0.05) is 27.2 Å². The molecule has 29 heavy (non-hydrogen) atoms. The van der Waals surface area contributed by atoms with E-state index in [1.54, 1.807) is 12.1 Å². The first-order valence-corrected chi connectivity index (χ1v) is 11.5. The van der Waals surface area contributed by atoms with E-state index in [0.29, 0.717) is 25.8 Å². The Bertz CT molecular complexity index is 1030. The van der Waals surface area contributed by atoms with E-state index >= 15 is 0 Å². The van der Waals surface area contributed by atoms with Crippen LogP contribution in [0.4, 0.5) is 0 Å². The number of hydrogen-bond acceptors (Lipinski definition) is 3. The van der Waals surface area contributed by atoms with Crippen molar-refractivity contribution in [3.05, 3.63) is 62.5 Å². The normalized spacial score (nSPS) is 14.7. The van der Waals surface area contributed by atoms with E-state index in [2.05, 4.69) is 10.3 Å². The van der Waals surface area contributed by atoms with Crippen molar-refractivity contribution in [1.29, 1.82) is 0 Å². The van der Waals surface area contributed by atoms with E-state index < -0.39 is 0 Å². The van der Waals surface area contributed by atoms with E-state index in [4.69, 9.17) is 34.8 Å². The standard InChI is InChI=1S/C22H19Cl3N2OS/c23-14-8-6-13(7-9-14)19-20(17-11-10-15(24)12-18(17)25)29-22(27-19)21(28)26-16-4-2-1-3-5-16/h6-12,16H,1-5H2,(H,26,28). The molecule has 0 bridgehead atoms. The van der Waals surface area contributed by atoms with Crippen molar-refractivity contribution in [2.75, 3.05) is 0 Å². The maximum Gasteiger partial charge on any atom is 0.280 e. The highest BCUT2D eigenvalue weighted by molar-refractivity contribution is 7.17. The van der Waals surface area contributed by atoms with Gasteiger partial charge in [-0.25, -0.2) is 4.98 Å². The lowest BCUT2D eigenvalue weighted by Gasteiger charge is -2.22. The van der Waals surface area contributed by atoms with Crippen molar-refractivity contribution in [2.24, 2.45) is 0 Å². The van der Waals surface area contributed by atoms with Crippen molar-refractivity contribution in [1.82, 2.24) is 10.3 Å². The Balaban J connectivity index is 1.73. The molecule has 3 aromatic rings. The summed E-state index contributed by atoms with van der Waals surface area (Å²) in [5, 5.41) is 5.31. The monoisotopic (exact) mass is 464 g/mol. The second-order valence-electron chi connectivity index (χ2n) is 7.14. The van der Waals surface area contributed by atoms with Crippen LogP contribution in [0.2, 0.25) is 15.1 Å². The first kappa shape index (κ1) is 20.7. The van der Waals surface area contributed by atoms with Crippen LogP contribution < -0.4 is 5.32 Å². The first-order valence-electron chi connectivity index (χ1n) is 9.54. The summed E-state index contributed by atoms with van der Waals surface area (Å²) in [5.41, 5.74) is 2.39. The molecular weight excluding hydrogens is 447 g/mol. The van der Waals surface area contributed by atoms with Gasteiger partial charge in [0.15, 0.2) is 5.01 Å². The van der Waals surface area contributed by atoms with Crippen molar-refractivity contribution >= 4 is 52.0 Å². The van der Waals surface area contributed by atoms with Crippen LogP contribution in [0.1, 0.15) is 41.9 Å². The molecule has 1 saturated carbocycles. The van der Waals surface area contributed by atoms with Crippen LogP contribution in [0.15, 0.2) is 42.5 Å². The van der Waals surface area contributed by atoms with Gasteiger partial charge in [-0.05, 0) is 37.1 Å². The average Bonchev–Trinajstić information content (AvgIpc) is 3.14. The van der Waals surface area contributed by atoms with Crippen LogP contribution in [0, 0.1) is 0 Å². The average molecular weight is 466 g/mol. The number of carbonyl (C=O) groups is 1. The highest BCUT2D eigenvalue weighted by Gasteiger charge is 2.23. The minimum atomic E-state index is -0.131. The third-order valence-electron chi connectivity index (χ3n) is 5.06. The smallest absolute Gasteiger partial charge is 0.280 e. The largest absolute Gasteiger partial charge is 0.347 e. The molecule has 0 radical (unpaired) electrons. The van der Waals surface area contributed by atoms with Crippen LogP contribution in [-0.4, -0.2) is 16.9 Å². The summed E-state index contributed by atoms with van der Waals surface area (Å²) < 4.78 is 0. The van der Waals surface area contributed by atoms with Gasteiger partial charge in [-0.15, -0.1) is 11.3 Å². The van der Waals surface area contributed by atoms with Gasteiger partial charge >= 0.3 is 0 Å². The molecule has 0 aliphatic heterocycles. The van der Waals surface area contributed by atoms with E-state index in [1.165, 1.54) is 17.8 Å². The molecule has 0 atom stereocenters. The Hall–Kier alpha value is -1.59. The Morgan fingerprint density at radius 2 is 1.66 bits per heavy atom. The minimum Gasteiger partial charge on any atom is -0.347 e. The fraction of sp³-hybridized carbons (Fsp3) is 0.273. The van der Waals surface area contributed by atoms with Crippen LogP contribution in [0.3, 0.4) is 0 Å². The topological polar surface area (TPSA) is 42.0 Å². The van der Waals surface area contributed by atoms with Gasteiger partial charge in [0.1, 0.15) is 0 Å². The van der Waals surface area contributed by atoms with Crippen LogP contribution in [0.25, 0.3) is 21.7 Å². The lowest BCUT2D eigenvalue weighted by molar-refractivity contribution is 0.0927. The van der Waals surface area contributed by atoms with Crippen molar-refractivity contribution in [3.63, 3.8) is 0 Å². The van der Waals surface area contributed by atoms with E-state index in [-0.39, 0.29) is 11.9 Å². The molecule has 0 unspecified atom stereocenters. The lowest BCUT2D eigenvalue weighted by Crippen LogP contribution is -2.36. The number of benzene rings is 2. The molecule has 1 fully saturated rings. The molecular formula is C22H19Cl3N2OS. The van der Waals surface area contributed by atoms with Crippen molar-refractivity contribution in [3.8, 4) is 21.7 Å². The van der Waals surface area contributed by atoms with Gasteiger partial charge < -0.3 is 5.32 Å². The Morgan fingerprint density at radius 3 is 2.34 bits per heavy atom. The van der Waals surface area contributed by atoms with Crippen molar-refractivity contribution < 1.29 is 4.79 Å². The maximum atomic E-state index is 12.9. The summed E-state index contributed by atoms with van der Waals surface area (Å²) in [6.45, 7) is 0. The molecule has 1 aliphatic carbocycles. The number of thiazole rings is 1. The van der Waals surface area contributed by atoms with Gasteiger partial charge in [0.25, 0.3) is 5.91 Å². The van der Waals surface area contributed by atoms with E-state index in [0.717, 1.165) is 41.7 Å². The number of halogens is 3. The predicted octanol–water partition coefficient (Wildman–Crippen LogP) is 7.50. The number of nitrogens with one attached hydrogen (secondary N) is 1. The molecule has 1 aromatic heterocycles. The maximum absolute atomic E-state index is 12.9. The van der Waals surface area contributed by atoms with Gasteiger partial charge in [-0.1, -0.05) is 72.3 Å². The molecule has 0 saturated heterocycles. The van der Waals surface area contributed by atoms with Crippen LogP contribution >= 0.6 is 46.1 Å². The highest BCUT2D eigenvalue weighted by Crippen LogP contribution is 2.41. The number of hydrogen-bond donors (Lipinski definition) is 1. The summed E-state index contributed by atoms with van der Waals surface area (Å²) in [7, 11) is 0. The predicted molar refractivity (Wildman–Crippen MR) is 122 cm³/mol. The summed E-state index contributed by atoms with van der Waals surface area (Å²) >= 11 is 19.9. The van der Waals surface area contributed by atoms with Gasteiger partial charge in [0.2, 0.25) is 0 Å². The number of carbonyl (C=O) groups excluding carboxylic acids is 1. The van der Waals surface area contributed by atoms with Crippen LogP contribution in [-0.2, 0) is 0 Å². The Kier molecular flexibility index (Phi) is 6.45. The van der Waals surface area contributed by atoms with Crippen LogP contribution in [0.5, 0.6) is 0 Å². The summed E-state index contributed by atoms with van der Waals surface area (Å²) in [4.78, 5) is 18.4. The fourth-order valence-electron chi connectivity index (χ4n) is 3.57. The summed E-state index contributed by atoms with van der Waals surface area (Å²) in [5.74, 6) is -0.131.